The molecule has 2 N–H and O–H groups in total. The van der Waals surface area contributed by atoms with Crippen LogP contribution in [0.5, 0.6) is 5.75 Å². The van der Waals surface area contributed by atoms with Gasteiger partial charge in [0.1, 0.15) is 5.75 Å². The fourth-order valence-electron chi connectivity index (χ4n) is 2.51. The van der Waals surface area contributed by atoms with Crippen LogP contribution in [0.3, 0.4) is 0 Å². The molecule has 0 saturated heterocycles. The van der Waals surface area contributed by atoms with Crippen molar-refractivity contribution in [3.63, 3.8) is 0 Å². The van der Waals surface area contributed by atoms with Gasteiger partial charge in [0.15, 0.2) is 6.10 Å². The van der Waals surface area contributed by atoms with E-state index in [1.807, 2.05) is 30.3 Å². The average Bonchev–Trinajstić information content (AvgIpc) is 2.85. The number of benzene rings is 2. The normalized spacial score (nSPS) is 17.0. The number of carbonyl (C=O) groups is 1. The van der Waals surface area contributed by atoms with Gasteiger partial charge < -0.3 is 15.2 Å². The largest absolute Gasteiger partial charge is 0.476 e. The molecular formula is C15H15NO3. The van der Waals surface area contributed by atoms with Gasteiger partial charge in [-0.1, -0.05) is 24.3 Å². The highest BCUT2D eigenvalue weighted by atomic mass is 16.6. The van der Waals surface area contributed by atoms with Crippen molar-refractivity contribution in [3.8, 4) is 5.75 Å². The Hall–Kier alpha value is -2.23. The number of hydrogen-bond donors (Lipinski definition) is 1. The summed E-state index contributed by atoms with van der Waals surface area (Å²) >= 11 is 0. The number of hydrogen-bond acceptors (Lipinski definition) is 4. The van der Waals surface area contributed by atoms with E-state index in [0.717, 1.165) is 16.3 Å². The molecular weight excluding hydrogens is 242 g/mol. The summed E-state index contributed by atoms with van der Waals surface area (Å²) in [6.07, 6.45) is -0.0669. The summed E-state index contributed by atoms with van der Waals surface area (Å²) in [6.45, 7) is 2.13. The van der Waals surface area contributed by atoms with Crippen LogP contribution < -0.4 is 10.5 Å². The Morgan fingerprint density at radius 2 is 2.26 bits per heavy atom. The van der Waals surface area contributed by atoms with Gasteiger partial charge >= 0.3 is 5.97 Å². The first kappa shape index (κ1) is 11.8. The van der Waals surface area contributed by atoms with Crippen LogP contribution in [0.1, 0.15) is 12.5 Å². The molecule has 0 aliphatic carbocycles. The molecule has 1 aliphatic rings. The smallest absolute Gasteiger partial charge is 0.347 e. The average molecular weight is 257 g/mol. The van der Waals surface area contributed by atoms with Crippen molar-refractivity contribution in [2.45, 2.75) is 19.4 Å². The molecule has 0 saturated carbocycles. The zero-order chi connectivity index (χ0) is 13.4. The standard InChI is InChI=1S/C15H15NO3/c1-2-18-15(17)13-8-11-10-6-4-3-5-9(10)7-12(16)14(11)19-13/h3-7,13H,2,8,16H2,1H3/t13-/m0/s1. The van der Waals surface area contributed by atoms with E-state index in [1.54, 1.807) is 6.92 Å². The second kappa shape index (κ2) is 4.46. The molecule has 4 nitrogen and oxygen atoms in total. The van der Waals surface area contributed by atoms with E-state index in [4.69, 9.17) is 15.2 Å². The van der Waals surface area contributed by atoms with E-state index in [0.29, 0.717) is 24.5 Å². The van der Waals surface area contributed by atoms with Crippen molar-refractivity contribution in [1.82, 2.24) is 0 Å². The lowest BCUT2D eigenvalue weighted by molar-refractivity contribution is -0.150. The van der Waals surface area contributed by atoms with Gasteiger partial charge in [-0.05, 0) is 23.8 Å². The van der Waals surface area contributed by atoms with E-state index >= 15 is 0 Å². The van der Waals surface area contributed by atoms with Crippen LogP contribution in [0.2, 0.25) is 0 Å². The van der Waals surface area contributed by atoms with Crippen LogP contribution >= 0.6 is 0 Å². The number of carbonyl (C=O) groups excluding carboxylic acids is 1. The van der Waals surface area contributed by atoms with Crippen LogP contribution in [-0.4, -0.2) is 18.7 Å². The molecule has 0 aromatic heterocycles. The van der Waals surface area contributed by atoms with Gasteiger partial charge in [-0.3, -0.25) is 0 Å². The SMILES string of the molecule is CCOC(=O)[C@@H]1Cc2c(c(N)cc3ccccc23)O1. The van der Waals surface area contributed by atoms with E-state index in [2.05, 4.69) is 0 Å². The number of esters is 1. The molecule has 3 rings (SSSR count). The minimum Gasteiger partial charge on any atom is -0.476 e. The molecule has 98 valence electrons. The minimum absolute atomic E-state index is 0.331. The lowest BCUT2D eigenvalue weighted by Crippen LogP contribution is -2.27. The van der Waals surface area contributed by atoms with E-state index in [9.17, 15) is 4.79 Å². The molecule has 0 unspecified atom stereocenters. The Labute approximate surface area is 111 Å². The van der Waals surface area contributed by atoms with Crippen molar-refractivity contribution in [1.29, 1.82) is 0 Å². The summed E-state index contributed by atoms with van der Waals surface area (Å²) in [5.41, 5.74) is 7.56. The molecule has 2 aromatic rings. The summed E-state index contributed by atoms with van der Waals surface area (Å²) < 4.78 is 10.7. The van der Waals surface area contributed by atoms with E-state index < -0.39 is 6.10 Å². The maximum absolute atomic E-state index is 11.8. The molecule has 2 aromatic carbocycles. The number of fused-ring (bicyclic) bond motifs is 3. The Bertz CT molecular complexity index is 651. The third-order valence-electron chi connectivity index (χ3n) is 3.33. The number of anilines is 1. The fourth-order valence-corrected chi connectivity index (χ4v) is 2.51. The van der Waals surface area contributed by atoms with Crippen molar-refractivity contribution in [2.75, 3.05) is 12.3 Å². The van der Waals surface area contributed by atoms with Crippen LogP contribution in [0.25, 0.3) is 10.8 Å². The first-order chi connectivity index (χ1) is 9.20. The van der Waals surface area contributed by atoms with Crippen molar-refractivity contribution >= 4 is 22.4 Å². The van der Waals surface area contributed by atoms with Gasteiger partial charge in [-0.25, -0.2) is 4.79 Å². The van der Waals surface area contributed by atoms with Gasteiger partial charge in [0.05, 0.1) is 12.3 Å². The zero-order valence-corrected chi connectivity index (χ0v) is 10.7. The Balaban J connectivity index is 2.05. The number of nitrogen functional groups attached to an aromatic ring is 1. The van der Waals surface area contributed by atoms with Gasteiger partial charge in [-0.15, -0.1) is 0 Å². The van der Waals surface area contributed by atoms with Crippen LogP contribution in [0, 0.1) is 0 Å². The molecule has 1 aliphatic heterocycles. The van der Waals surface area contributed by atoms with Gasteiger partial charge in [0.25, 0.3) is 0 Å². The highest BCUT2D eigenvalue weighted by Crippen LogP contribution is 2.40. The lowest BCUT2D eigenvalue weighted by atomic mass is 10.00. The summed E-state index contributed by atoms with van der Waals surface area (Å²) in [5, 5.41) is 2.14. The highest BCUT2D eigenvalue weighted by molar-refractivity contribution is 5.94. The number of ether oxygens (including phenoxy) is 2. The topological polar surface area (TPSA) is 61.5 Å². The maximum Gasteiger partial charge on any atom is 0.347 e. The van der Waals surface area contributed by atoms with Gasteiger partial charge in [0.2, 0.25) is 0 Å². The molecule has 0 bridgehead atoms. The predicted molar refractivity (Wildman–Crippen MR) is 73.1 cm³/mol. The fraction of sp³-hybridized carbons (Fsp3) is 0.267. The second-order valence-corrected chi connectivity index (χ2v) is 4.56. The summed E-state index contributed by atoms with van der Waals surface area (Å²) in [7, 11) is 0. The number of rotatable bonds is 2. The maximum atomic E-state index is 11.8. The Morgan fingerprint density at radius 3 is 3.05 bits per heavy atom. The zero-order valence-electron chi connectivity index (χ0n) is 10.7. The molecule has 1 atom stereocenters. The molecule has 1 heterocycles. The van der Waals surface area contributed by atoms with E-state index in [-0.39, 0.29) is 5.97 Å². The third kappa shape index (κ3) is 1.89. The highest BCUT2D eigenvalue weighted by Gasteiger charge is 2.32. The molecule has 0 fully saturated rings. The lowest BCUT2D eigenvalue weighted by Gasteiger charge is -2.10. The molecule has 0 amide bonds. The van der Waals surface area contributed by atoms with Crippen LogP contribution in [0.4, 0.5) is 5.69 Å². The molecule has 0 spiro atoms. The van der Waals surface area contributed by atoms with Crippen LogP contribution in [0.15, 0.2) is 30.3 Å². The first-order valence-corrected chi connectivity index (χ1v) is 6.34. The summed E-state index contributed by atoms with van der Waals surface area (Å²) in [4.78, 5) is 11.8. The van der Waals surface area contributed by atoms with Crippen LogP contribution in [-0.2, 0) is 16.0 Å². The first-order valence-electron chi connectivity index (χ1n) is 6.34. The number of nitrogens with two attached hydrogens (primary N) is 1. The molecule has 19 heavy (non-hydrogen) atoms. The Kier molecular flexibility index (Phi) is 2.78. The predicted octanol–water partition coefficient (Wildman–Crippen LogP) is 2.29. The summed E-state index contributed by atoms with van der Waals surface area (Å²) in [6, 6.07) is 9.83. The molecule has 4 heteroatoms. The Morgan fingerprint density at radius 1 is 1.47 bits per heavy atom. The van der Waals surface area contributed by atoms with Gasteiger partial charge in [-0.2, -0.15) is 0 Å². The monoisotopic (exact) mass is 257 g/mol. The third-order valence-corrected chi connectivity index (χ3v) is 3.33. The van der Waals surface area contributed by atoms with Crippen molar-refractivity contribution < 1.29 is 14.3 Å². The van der Waals surface area contributed by atoms with Gasteiger partial charge in [0, 0.05) is 12.0 Å². The second-order valence-electron chi connectivity index (χ2n) is 4.56. The quantitative estimate of drug-likeness (QED) is 0.662. The van der Waals surface area contributed by atoms with E-state index in [1.165, 1.54) is 0 Å². The van der Waals surface area contributed by atoms with Crippen molar-refractivity contribution in [2.24, 2.45) is 0 Å². The summed E-state index contributed by atoms with van der Waals surface area (Å²) in [5.74, 6) is 0.291. The minimum atomic E-state index is -0.581. The molecule has 0 radical (unpaired) electrons. The van der Waals surface area contributed by atoms with Crippen molar-refractivity contribution in [3.05, 3.63) is 35.9 Å².